The average Bonchev–Trinajstić information content (AvgIpc) is 2.15. The Bertz CT molecular complexity index is 364. The molecule has 0 heterocycles. The SMILES string of the molecule is Cc1ccc(CNC(=O)C(C)N)c(C)c1.Cl. The number of hydrogen-bond acceptors (Lipinski definition) is 2. The molecular formula is C12H19ClN2O. The maximum atomic E-state index is 11.3. The van der Waals surface area contributed by atoms with E-state index in [2.05, 4.69) is 18.3 Å². The molecule has 0 radical (unpaired) electrons. The molecule has 0 saturated carbocycles. The van der Waals surface area contributed by atoms with Gasteiger partial charge in [0.2, 0.25) is 5.91 Å². The number of amides is 1. The van der Waals surface area contributed by atoms with Gasteiger partial charge in [0, 0.05) is 6.54 Å². The Morgan fingerprint density at radius 2 is 2.06 bits per heavy atom. The third-order valence-electron chi connectivity index (χ3n) is 2.36. The number of nitrogens with two attached hydrogens (primary N) is 1. The molecule has 1 rings (SSSR count). The topological polar surface area (TPSA) is 55.1 Å². The van der Waals surface area contributed by atoms with Crippen molar-refractivity contribution >= 4 is 18.3 Å². The fraction of sp³-hybridized carbons (Fsp3) is 0.417. The molecule has 1 aromatic rings. The van der Waals surface area contributed by atoms with E-state index in [9.17, 15) is 4.79 Å². The summed E-state index contributed by atoms with van der Waals surface area (Å²) in [5, 5.41) is 2.79. The lowest BCUT2D eigenvalue weighted by Crippen LogP contribution is -2.37. The molecule has 4 heteroatoms. The van der Waals surface area contributed by atoms with Crippen LogP contribution in [0.2, 0.25) is 0 Å². The monoisotopic (exact) mass is 242 g/mol. The number of rotatable bonds is 3. The van der Waals surface area contributed by atoms with E-state index in [0.717, 1.165) is 5.56 Å². The molecule has 16 heavy (non-hydrogen) atoms. The highest BCUT2D eigenvalue weighted by molar-refractivity contribution is 5.85. The zero-order valence-electron chi connectivity index (χ0n) is 9.91. The summed E-state index contributed by atoms with van der Waals surface area (Å²) < 4.78 is 0. The molecule has 0 aromatic heterocycles. The van der Waals surface area contributed by atoms with Crippen molar-refractivity contribution in [3.05, 3.63) is 34.9 Å². The smallest absolute Gasteiger partial charge is 0.236 e. The molecule has 1 atom stereocenters. The summed E-state index contributed by atoms with van der Waals surface area (Å²) in [6.45, 7) is 6.32. The molecule has 1 amide bonds. The lowest BCUT2D eigenvalue weighted by atomic mass is 10.1. The van der Waals surface area contributed by atoms with Crippen molar-refractivity contribution in [1.29, 1.82) is 0 Å². The Hall–Kier alpha value is -1.06. The van der Waals surface area contributed by atoms with Gasteiger partial charge >= 0.3 is 0 Å². The van der Waals surface area contributed by atoms with E-state index >= 15 is 0 Å². The Kier molecular flexibility index (Phi) is 6.08. The van der Waals surface area contributed by atoms with Crippen molar-refractivity contribution in [3.8, 4) is 0 Å². The number of benzene rings is 1. The highest BCUT2D eigenvalue weighted by atomic mass is 35.5. The minimum atomic E-state index is -0.448. The molecular weight excluding hydrogens is 224 g/mol. The minimum absolute atomic E-state index is 0. The van der Waals surface area contributed by atoms with E-state index in [1.807, 2.05) is 19.1 Å². The van der Waals surface area contributed by atoms with Crippen molar-refractivity contribution in [2.45, 2.75) is 33.4 Å². The van der Waals surface area contributed by atoms with Crippen molar-refractivity contribution in [1.82, 2.24) is 5.32 Å². The van der Waals surface area contributed by atoms with Crippen molar-refractivity contribution in [2.24, 2.45) is 5.73 Å². The van der Waals surface area contributed by atoms with Gasteiger partial charge in [-0.1, -0.05) is 23.8 Å². The lowest BCUT2D eigenvalue weighted by Gasteiger charge is -2.10. The quantitative estimate of drug-likeness (QED) is 0.848. The van der Waals surface area contributed by atoms with Crippen molar-refractivity contribution in [3.63, 3.8) is 0 Å². The zero-order valence-corrected chi connectivity index (χ0v) is 10.7. The molecule has 0 aliphatic rings. The number of nitrogens with one attached hydrogen (secondary N) is 1. The molecule has 0 aliphatic carbocycles. The standard InChI is InChI=1S/C12H18N2O.ClH/c1-8-4-5-11(9(2)6-8)7-14-12(15)10(3)13;/h4-6,10H,7,13H2,1-3H3,(H,14,15);1H. The van der Waals surface area contributed by atoms with E-state index < -0.39 is 6.04 Å². The Labute approximate surface area is 103 Å². The summed E-state index contributed by atoms with van der Waals surface area (Å²) in [5.74, 6) is -0.116. The third kappa shape index (κ3) is 4.21. The molecule has 1 unspecified atom stereocenters. The van der Waals surface area contributed by atoms with Gasteiger partial charge in [0.25, 0.3) is 0 Å². The van der Waals surface area contributed by atoms with Crippen LogP contribution in [-0.2, 0) is 11.3 Å². The normalized spacial score (nSPS) is 11.5. The molecule has 0 saturated heterocycles. The van der Waals surface area contributed by atoms with E-state index in [4.69, 9.17) is 5.73 Å². The molecule has 1 aromatic carbocycles. The first-order chi connectivity index (χ1) is 7.00. The summed E-state index contributed by atoms with van der Waals surface area (Å²) in [4.78, 5) is 11.3. The van der Waals surface area contributed by atoms with Crippen LogP contribution in [0.4, 0.5) is 0 Å². The summed E-state index contributed by atoms with van der Waals surface area (Å²) in [7, 11) is 0. The molecule has 0 bridgehead atoms. The maximum Gasteiger partial charge on any atom is 0.236 e. The number of carbonyl (C=O) groups is 1. The van der Waals surface area contributed by atoms with Crippen LogP contribution >= 0.6 is 12.4 Å². The van der Waals surface area contributed by atoms with Gasteiger partial charge in [0.1, 0.15) is 0 Å². The van der Waals surface area contributed by atoms with Gasteiger partial charge in [-0.3, -0.25) is 4.79 Å². The molecule has 0 aliphatic heterocycles. The summed E-state index contributed by atoms with van der Waals surface area (Å²) in [6, 6.07) is 5.73. The predicted molar refractivity (Wildman–Crippen MR) is 68.7 cm³/mol. The second-order valence-corrected chi connectivity index (χ2v) is 3.94. The van der Waals surface area contributed by atoms with Crippen LogP contribution < -0.4 is 11.1 Å². The van der Waals surface area contributed by atoms with Gasteiger partial charge < -0.3 is 11.1 Å². The van der Waals surface area contributed by atoms with Crippen LogP contribution in [0.3, 0.4) is 0 Å². The summed E-state index contributed by atoms with van der Waals surface area (Å²) >= 11 is 0. The first kappa shape index (κ1) is 14.9. The Balaban J connectivity index is 0.00000225. The van der Waals surface area contributed by atoms with Crippen LogP contribution in [0.1, 0.15) is 23.6 Å². The number of aryl methyl sites for hydroxylation is 2. The molecule has 90 valence electrons. The average molecular weight is 243 g/mol. The van der Waals surface area contributed by atoms with Crippen molar-refractivity contribution < 1.29 is 4.79 Å². The van der Waals surface area contributed by atoms with Crippen LogP contribution in [0.25, 0.3) is 0 Å². The number of halogens is 1. The minimum Gasteiger partial charge on any atom is -0.351 e. The first-order valence-electron chi connectivity index (χ1n) is 5.10. The van der Waals surface area contributed by atoms with Gasteiger partial charge in [-0.2, -0.15) is 0 Å². The summed E-state index contributed by atoms with van der Waals surface area (Å²) in [6.07, 6.45) is 0. The van der Waals surface area contributed by atoms with E-state index in [1.54, 1.807) is 6.92 Å². The van der Waals surface area contributed by atoms with Crippen LogP contribution in [0.15, 0.2) is 18.2 Å². The number of carbonyl (C=O) groups excluding carboxylic acids is 1. The van der Waals surface area contributed by atoms with E-state index in [0.29, 0.717) is 6.54 Å². The zero-order chi connectivity index (χ0) is 11.4. The first-order valence-corrected chi connectivity index (χ1v) is 5.10. The van der Waals surface area contributed by atoms with Gasteiger partial charge in [0.05, 0.1) is 6.04 Å². The highest BCUT2D eigenvalue weighted by Crippen LogP contribution is 2.09. The fourth-order valence-corrected chi connectivity index (χ4v) is 1.39. The van der Waals surface area contributed by atoms with Gasteiger partial charge in [-0.15, -0.1) is 12.4 Å². The summed E-state index contributed by atoms with van der Waals surface area (Å²) in [5.41, 5.74) is 9.01. The Morgan fingerprint density at radius 3 is 2.56 bits per heavy atom. The van der Waals surface area contributed by atoms with Gasteiger partial charge in [0.15, 0.2) is 0 Å². The molecule has 0 spiro atoms. The van der Waals surface area contributed by atoms with E-state index in [-0.39, 0.29) is 18.3 Å². The van der Waals surface area contributed by atoms with E-state index in [1.165, 1.54) is 11.1 Å². The van der Waals surface area contributed by atoms with Crippen LogP contribution in [0.5, 0.6) is 0 Å². The Morgan fingerprint density at radius 1 is 1.44 bits per heavy atom. The highest BCUT2D eigenvalue weighted by Gasteiger charge is 2.06. The molecule has 0 fully saturated rings. The molecule has 3 nitrogen and oxygen atoms in total. The van der Waals surface area contributed by atoms with Gasteiger partial charge in [-0.05, 0) is 31.9 Å². The molecule has 3 N–H and O–H groups in total. The predicted octanol–water partition coefficient (Wildman–Crippen LogP) is 1.69. The van der Waals surface area contributed by atoms with Crippen LogP contribution in [-0.4, -0.2) is 11.9 Å². The fourth-order valence-electron chi connectivity index (χ4n) is 1.39. The maximum absolute atomic E-state index is 11.3. The second kappa shape index (κ2) is 6.51. The largest absolute Gasteiger partial charge is 0.351 e. The van der Waals surface area contributed by atoms with Crippen molar-refractivity contribution in [2.75, 3.05) is 0 Å². The van der Waals surface area contributed by atoms with Gasteiger partial charge in [-0.25, -0.2) is 0 Å². The second-order valence-electron chi connectivity index (χ2n) is 3.94. The lowest BCUT2D eigenvalue weighted by molar-refractivity contribution is -0.122. The third-order valence-corrected chi connectivity index (χ3v) is 2.36. The number of hydrogen-bond donors (Lipinski definition) is 2. The van der Waals surface area contributed by atoms with Crippen LogP contribution in [0, 0.1) is 13.8 Å².